The van der Waals surface area contributed by atoms with Crippen molar-refractivity contribution in [3.63, 3.8) is 0 Å². The summed E-state index contributed by atoms with van der Waals surface area (Å²) in [6, 6.07) is 5.23. The van der Waals surface area contributed by atoms with E-state index in [1.165, 1.54) is 17.0 Å². The second-order valence-corrected chi connectivity index (χ2v) is 7.78. The zero-order valence-corrected chi connectivity index (χ0v) is 17.2. The van der Waals surface area contributed by atoms with E-state index < -0.39 is 29.7 Å². The molecule has 8 nitrogen and oxygen atoms in total. The summed E-state index contributed by atoms with van der Waals surface area (Å²) in [5.74, 6) is -2.13. The molecule has 9 heteroatoms. The van der Waals surface area contributed by atoms with E-state index in [9.17, 15) is 24.6 Å². The predicted octanol–water partition coefficient (Wildman–Crippen LogP) is 2.26. The maximum atomic E-state index is 12.7. The van der Waals surface area contributed by atoms with E-state index in [-0.39, 0.29) is 12.5 Å². The largest absolute Gasteiger partial charge is 0.480 e. The Kier molecular flexibility index (Phi) is 8.04. The number of carboxylic acid groups (broad SMARTS) is 2. The molecule has 0 fully saturated rings. The van der Waals surface area contributed by atoms with Crippen LogP contribution in [0.15, 0.2) is 41.5 Å². The molecule has 0 aliphatic carbocycles. The van der Waals surface area contributed by atoms with Crippen LogP contribution in [0.2, 0.25) is 5.02 Å². The fraction of sp³-hybridized carbons (Fsp3) is 0.450. The molecule has 2 unspecified atom stereocenters. The highest BCUT2D eigenvalue weighted by atomic mass is 35.5. The summed E-state index contributed by atoms with van der Waals surface area (Å²) in [5, 5.41) is 22.2. The normalized spacial score (nSPS) is 13.4. The SMILES string of the molecule is CC(C)CC(NCC(C(=O)O)n1ccn(CCc2cccc(Cl)c2)c1=O)C(=O)O. The molecule has 158 valence electrons. The van der Waals surface area contributed by atoms with Gasteiger partial charge in [-0.1, -0.05) is 37.6 Å². The molecule has 1 heterocycles. The number of aliphatic carboxylic acids is 2. The molecule has 1 aromatic heterocycles. The summed E-state index contributed by atoms with van der Waals surface area (Å²) < 4.78 is 2.54. The minimum Gasteiger partial charge on any atom is -0.480 e. The first kappa shape index (κ1) is 22.7. The first-order valence-electron chi connectivity index (χ1n) is 9.39. The smallest absolute Gasteiger partial charge is 0.328 e. The fourth-order valence-corrected chi connectivity index (χ4v) is 3.29. The minimum absolute atomic E-state index is 0.127. The van der Waals surface area contributed by atoms with Gasteiger partial charge in [0, 0.05) is 30.5 Å². The molecule has 0 saturated carbocycles. The Hall–Kier alpha value is -2.58. The van der Waals surface area contributed by atoms with Crippen LogP contribution in [-0.2, 0) is 22.6 Å². The Bertz CT molecular complexity index is 906. The van der Waals surface area contributed by atoms with Gasteiger partial charge in [-0.25, -0.2) is 9.59 Å². The van der Waals surface area contributed by atoms with E-state index in [2.05, 4.69) is 5.32 Å². The lowest BCUT2D eigenvalue weighted by Gasteiger charge is -2.20. The highest BCUT2D eigenvalue weighted by molar-refractivity contribution is 6.30. The van der Waals surface area contributed by atoms with E-state index in [0.717, 1.165) is 10.1 Å². The van der Waals surface area contributed by atoms with Crippen molar-refractivity contribution in [1.29, 1.82) is 0 Å². The number of hydrogen-bond acceptors (Lipinski definition) is 4. The summed E-state index contributed by atoms with van der Waals surface area (Å²) >= 11 is 5.97. The number of nitrogens with zero attached hydrogens (tertiary/aromatic N) is 2. The molecule has 0 bridgehead atoms. The van der Waals surface area contributed by atoms with Crippen molar-refractivity contribution in [3.8, 4) is 0 Å². The topological polar surface area (TPSA) is 114 Å². The van der Waals surface area contributed by atoms with Crippen LogP contribution in [0.5, 0.6) is 0 Å². The number of aromatic nitrogens is 2. The van der Waals surface area contributed by atoms with Gasteiger partial charge in [-0.15, -0.1) is 0 Å². The lowest BCUT2D eigenvalue weighted by atomic mass is 10.0. The lowest BCUT2D eigenvalue weighted by Crippen LogP contribution is -2.44. The van der Waals surface area contributed by atoms with Crippen molar-refractivity contribution >= 4 is 23.5 Å². The molecule has 0 aliphatic heterocycles. The van der Waals surface area contributed by atoms with Gasteiger partial charge in [0.15, 0.2) is 0 Å². The Morgan fingerprint density at radius 2 is 1.90 bits per heavy atom. The number of carbonyl (C=O) groups is 2. The molecular weight excluding hydrogens is 398 g/mol. The summed E-state index contributed by atoms with van der Waals surface area (Å²) in [6.07, 6.45) is 3.87. The van der Waals surface area contributed by atoms with Crippen LogP contribution in [0.4, 0.5) is 0 Å². The molecule has 0 aliphatic rings. The third-order valence-electron chi connectivity index (χ3n) is 4.59. The quantitative estimate of drug-likeness (QED) is 0.511. The summed E-state index contributed by atoms with van der Waals surface area (Å²) in [7, 11) is 0. The number of benzene rings is 1. The van der Waals surface area contributed by atoms with E-state index in [0.29, 0.717) is 24.4 Å². The maximum Gasteiger partial charge on any atom is 0.328 e. The average Bonchev–Trinajstić information content (AvgIpc) is 2.99. The van der Waals surface area contributed by atoms with Crippen molar-refractivity contribution in [1.82, 2.24) is 14.5 Å². The van der Waals surface area contributed by atoms with Crippen LogP contribution in [0.1, 0.15) is 31.9 Å². The van der Waals surface area contributed by atoms with Crippen LogP contribution >= 0.6 is 11.6 Å². The van der Waals surface area contributed by atoms with Gasteiger partial charge < -0.3 is 15.5 Å². The maximum absolute atomic E-state index is 12.7. The zero-order chi connectivity index (χ0) is 21.6. The molecule has 1 aromatic carbocycles. The van der Waals surface area contributed by atoms with Crippen molar-refractivity contribution < 1.29 is 19.8 Å². The van der Waals surface area contributed by atoms with Gasteiger partial charge in [0.05, 0.1) is 0 Å². The predicted molar refractivity (Wildman–Crippen MR) is 109 cm³/mol. The first-order chi connectivity index (χ1) is 13.7. The van der Waals surface area contributed by atoms with Crippen molar-refractivity contribution in [2.24, 2.45) is 5.92 Å². The number of aryl methyl sites for hydroxylation is 2. The van der Waals surface area contributed by atoms with Crippen LogP contribution < -0.4 is 11.0 Å². The van der Waals surface area contributed by atoms with Crippen molar-refractivity contribution in [2.75, 3.05) is 6.54 Å². The Morgan fingerprint density at radius 1 is 1.17 bits per heavy atom. The minimum atomic E-state index is -1.21. The van der Waals surface area contributed by atoms with E-state index in [4.69, 9.17) is 11.6 Å². The van der Waals surface area contributed by atoms with Crippen LogP contribution in [0.3, 0.4) is 0 Å². The highest BCUT2D eigenvalue weighted by Gasteiger charge is 2.26. The standard InChI is InChI=1S/C20H26ClN3O5/c1-13(2)10-16(18(25)26)22-12-17(19(27)28)24-9-8-23(20(24)29)7-6-14-4-3-5-15(21)11-14/h3-5,8-9,11,13,16-17,22H,6-7,10,12H2,1-2H3,(H,25,26)(H,27,28). The molecule has 29 heavy (non-hydrogen) atoms. The van der Waals surface area contributed by atoms with Crippen molar-refractivity contribution in [3.05, 3.63) is 57.7 Å². The highest BCUT2D eigenvalue weighted by Crippen LogP contribution is 2.12. The van der Waals surface area contributed by atoms with Gasteiger partial charge in [0.1, 0.15) is 12.1 Å². The number of rotatable bonds is 11. The Balaban J connectivity index is 2.10. The number of carboxylic acids is 2. The van der Waals surface area contributed by atoms with E-state index in [1.807, 2.05) is 32.0 Å². The van der Waals surface area contributed by atoms with Gasteiger partial charge in [-0.2, -0.15) is 0 Å². The molecule has 0 spiro atoms. The molecule has 0 radical (unpaired) electrons. The van der Waals surface area contributed by atoms with Gasteiger partial charge in [0.25, 0.3) is 0 Å². The van der Waals surface area contributed by atoms with Crippen LogP contribution in [-0.4, -0.2) is 43.9 Å². The molecule has 2 rings (SSSR count). The number of imidazole rings is 1. The summed E-state index contributed by atoms with van der Waals surface area (Å²) in [5.41, 5.74) is 0.503. The van der Waals surface area contributed by atoms with Crippen LogP contribution in [0.25, 0.3) is 0 Å². The van der Waals surface area contributed by atoms with Gasteiger partial charge in [-0.3, -0.25) is 13.9 Å². The second-order valence-electron chi connectivity index (χ2n) is 7.34. The molecule has 2 aromatic rings. The summed E-state index contributed by atoms with van der Waals surface area (Å²) in [6.45, 7) is 3.97. The molecule has 2 atom stereocenters. The van der Waals surface area contributed by atoms with Crippen LogP contribution in [0, 0.1) is 5.92 Å². The molecule has 3 N–H and O–H groups in total. The monoisotopic (exact) mass is 423 g/mol. The van der Waals surface area contributed by atoms with E-state index in [1.54, 1.807) is 6.07 Å². The summed E-state index contributed by atoms with van der Waals surface area (Å²) in [4.78, 5) is 35.7. The van der Waals surface area contributed by atoms with E-state index >= 15 is 0 Å². The third-order valence-corrected chi connectivity index (χ3v) is 4.82. The molecule has 0 saturated heterocycles. The third kappa shape index (κ3) is 6.47. The number of nitrogens with one attached hydrogen (secondary N) is 1. The zero-order valence-electron chi connectivity index (χ0n) is 16.4. The lowest BCUT2D eigenvalue weighted by molar-refractivity contribution is -0.143. The Morgan fingerprint density at radius 3 is 2.48 bits per heavy atom. The average molecular weight is 424 g/mol. The first-order valence-corrected chi connectivity index (χ1v) is 9.77. The van der Waals surface area contributed by atoms with Gasteiger partial charge >= 0.3 is 17.6 Å². The van der Waals surface area contributed by atoms with Crippen molar-refractivity contribution in [2.45, 2.75) is 45.3 Å². The molecular formula is C20H26ClN3O5. The Labute approximate surface area is 173 Å². The number of hydrogen-bond donors (Lipinski definition) is 3. The number of halogens is 1. The van der Waals surface area contributed by atoms with Gasteiger partial charge in [0.2, 0.25) is 0 Å². The van der Waals surface area contributed by atoms with Gasteiger partial charge in [-0.05, 0) is 36.5 Å². The second kappa shape index (κ2) is 10.3. The molecule has 0 amide bonds. The fourth-order valence-electron chi connectivity index (χ4n) is 3.08.